The monoisotopic (exact) mass is 469 g/mol. The molecule has 3 heterocycles. The lowest BCUT2D eigenvalue weighted by molar-refractivity contribution is -0.119. The lowest BCUT2D eigenvalue weighted by Gasteiger charge is -2.29. The molecule has 1 saturated heterocycles. The van der Waals surface area contributed by atoms with Crippen LogP contribution in [0.2, 0.25) is 0 Å². The highest BCUT2D eigenvalue weighted by atomic mass is 16.5. The molecule has 1 fully saturated rings. The van der Waals surface area contributed by atoms with Crippen molar-refractivity contribution < 1.29 is 32.8 Å². The Kier molecular flexibility index (Phi) is 3.29. The van der Waals surface area contributed by atoms with Crippen LogP contribution in [0, 0.1) is 0 Å². The van der Waals surface area contributed by atoms with E-state index in [1.807, 2.05) is 0 Å². The van der Waals surface area contributed by atoms with Gasteiger partial charge in [-0.1, -0.05) is 0 Å². The Hall–Kier alpha value is -4.14. The molecule has 0 bridgehead atoms. The lowest BCUT2D eigenvalue weighted by atomic mass is 10.0. The molecule has 174 valence electrons. The van der Waals surface area contributed by atoms with Crippen LogP contribution in [0.3, 0.4) is 0 Å². The number of amides is 3. The maximum Gasteiger partial charge on any atom is 0.277 e. The van der Waals surface area contributed by atoms with E-state index in [9.17, 15) is 14.4 Å². The Morgan fingerprint density at radius 3 is 2.35 bits per heavy atom. The number of hydrogen-bond donors (Lipinski definition) is 1. The Morgan fingerprint density at radius 2 is 1.71 bits per heavy atom. The molecule has 2 aromatic carbocycles. The van der Waals surface area contributed by atoms with Gasteiger partial charge in [-0.25, -0.2) is 4.68 Å². The van der Waals surface area contributed by atoms with Gasteiger partial charge in [-0.05, 0) is 67.6 Å². The molecule has 2 aliphatic rings. The molecule has 0 radical (unpaired) electrons. The van der Waals surface area contributed by atoms with E-state index in [2.05, 4.69) is 5.10 Å². The molecule has 0 atom stereocenters. The topological polar surface area (TPSA) is 111 Å². The van der Waals surface area contributed by atoms with E-state index in [4.69, 9.17) is 24.2 Å². The third-order valence-electron chi connectivity index (χ3n) is 5.31. The van der Waals surface area contributed by atoms with Crippen LogP contribution in [0.25, 0.3) is 5.69 Å². The van der Waals surface area contributed by atoms with E-state index in [-0.39, 0.29) is 30.0 Å². The minimum absolute atomic E-state index is 0.110. The standard InChI is InChI=1S/C25H25N5O4/c1-34-19-11-9-18(10-12-19)30-23-20(22(27-30)24(26)32)13-15-29(25(23)33)17-7-5-16(6-8-17)28-14-3-2-4-21(28)31/h5-12H,2-4,13-15H2,1H3,(H2,26,32)/i4D2,5D,6D,7D,8D,13D2,15D2. The molecular formula is C25H25N5O4. The largest absolute Gasteiger partial charge is 0.497 e. The summed E-state index contributed by atoms with van der Waals surface area (Å²) in [6.45, 7) is -3.54. The second kappa shape index (κ2) is 8.66. The molecule has 5 rings (SSSR count). The predicted molar refractivity (Wildman–Crippen MR) is 127 cm³/mol. The van der Waals surface area contributed by atoms with Gasteiger partial charge >= 0.3 is 0 Å². The summed E-state index contributed by atoms with van der Waals surface area (Å²) >= 11 is 0. The Morgan fingerprint density at radius 1 is 1.03 bits per heavy atom. The van der Waals surface area contributed by atoms with Crippen LogP contribution in [0.5, 0.6) is 5.75 Å². The number of hydrogen-bond acceptors (Lipinski definition) is 5. The van der Waals surface area contributed by atoms with Gasteiger partial charge in [0.05, 0.1) is 21.0 Å². The summed E-state index contributed by atoms with van der Waals surface area (Å²) in [5.41, 5.74) is 1.93. The van der Waals surface area contributed by atoms with Crippen molar-refractivity contribution in [2.75, 3.05) is 30.0 Å². The van der Waals surface area contributed by atoms with E-state index in [0.717, 1.165) is 9.58 Å². The quantitative estimate of drug-likeness (QED) is 0.618. The molecule has 3 amide bonds. The number of aromatic nitrogens is 2. The third-order valence-corrected chi connectivity index (χ3v) is 5.31. The summed E-state index contributed by atoms with van der Waals surface area (Å²) in [6, 6.07) is 2.10. The second-order valence-electron chi connectivity index (χ2n) is 7.36. The molecular weight excluding hydrogens is 434 g/mol. The molecule has 1 aromatic heterocycles. The smallest absolute Gasteiger partial charge is 0.277 e. The lowest BCUT2D eigenvalue weighted by Crippen LogP contribution is -2.39. The summed E-state index contributed by atoms with van der Waals surface area (Å²) in [5, 5.41) is 4.03. The van der Waals surface area contributed by atoms with Gasteiger partial charge in [0.25, 0.3) is 11.8 Å². The molecule has 3 aromatic rings. The Balaban J connectivity index is 1.77. The first kappa shape index (κ1) is 12.9. The number of rotatable bonds is 5. The Bertz CT molecular complexity index is 1710. The SMILES string of the molecule is [2H]c1c([2H])c(N2C(=O)c3c(c(C(N)=O)nn3-c3ccc(OC)cc3)C([2H])([2H])C2([2H])[2H])c([2H])c([2H])c1N1CCCC([2H])([2H])C1=O. The van der Waals surface area contributed by atoms with Crippen molar-refractivity contribution >= 4 is 29.1 Å². The zero-order chi connectivity index (χ0) is 32.7. The highest BCUT2D eigenvalue weighted by Crippen LogP contribution is 2.31. The van der Waals surface area contributed by atoms with Crippen LogP contribution in [0.15, 0.2) is 48.4 Å². The van der Waals surface area contributed by atoms with Crippen molar-refractivity contribution in [1.29, 1.82) is 0 Å². The number of nitrogens with zero attached hydrogens (tertiary/aromatic N) is 4. The number of fused-ring (bicyclic) bond motifs is 1. The van der Waals surface area contributed by atoms with Crippen LogP contribution in [0.4, 0.5) is 11.4 Å². The van der Waals surface area contributed by atoms with Crippen LogP contribution >= 0.6 is 0 Å². The van der Waals surface area contributed by atoms with Gasteiger partial charge < -0.3 is 20.3 Å². The molecule has 0 unspecified atom stereocenters. The third kappa shape index (κ3) is 3.68. The van der Waals surface area contributed by atoms with E-state index >= 15 is 0 Å². The van der Waals surface area contributed by atoms with Gasteiger partial charge in [-0.3, -0.25) is 14.4 Å². The van der Waals surface area contributed by atoms with Crippen molar-refractivity contribution in [3.8, 4) is 11.4 Å². The summed E-state index contributed by atoms with van der Waals surface area (Å²) in [7, 11) is 1.41. The fraction of sp³-hybridized carbons (Fsp3) is 0.280. The van der Waals surface area contributed by atoms with Gasteiger partial charge in [0, 0.05) is 41.8 Å². The predicted octanol–water partition coefficient (Wildman–Crippen LogP) is 2.70. The number of methoxy groups -OCH3 is 1. The summed E-state index contributed by atoms with van der Waals surface area (Å²) in [4.78, 5) is 40.4. The first-order valence-corrected chi connectivity index (χ1v) is 10.2. The van der Waals surface area contributed by atoms with Gasteiger partial charge in [-0.15, -0.1) is 0 Å². The molecule has 34 heavy (non-hydrogen) atoms. The molecule has 0 aliphatic carbocycles. The molecule has 2 aliphatic heterocycles. The van der Waals surface area contributed by atoms with Crippen molar-refractivity contribution in [3.63, 3.8) is 0 Å². The van der Waals surface area contributed by atoms with E-state index in [1.54, 1.807) is 0 Å². The van der Waals surface area contributed by atoms with Gasteiger partial charge in [0.1, 0.15) is 11.4 Å². The number of primary amides is 1. The molecule has 2 N–H and O–H groups in total. The first-order chi connectivity index (χ1) is 20.4. The molecule has 9 nitrogen and oxygen atoms in total. The molecule has 9 heteroatoms. The minimum Gasteiger partial charge on any atom is -0.497 e. The van der Waals surface area contributed by atoms with Crippen LogP contribution < -0.4 is 20.3 Å². The molecule has 0 spiro atoms. The van der Waals surface area contributed by atoms with Gasteiger partial charge in [-0.2, -0.15) is 5.10 Å². The van der Waals surface area contributed by atoms with Crippen molar-refractivity contribution in [1.82, 2.24) is 9.78 Å². The number of carbonyl (C=O) groups is 3. The maximum atomic E-state index is 14.2. The van der Waals surface area contributed by atoms with Gasteiger partial charge in [0.2, 0.25) is 5.91 Å². The fourth-order valence-electron chi connectivity index (χ4n) is 3.63. The zero-order valence-electron chi connectivity index (χ0n) is 27.9. The number of ether oxygens (including phenoxy) is 1. The number of nitrogens with two attached hydrogens (primary N) is 1. The molecule has 0 saturated carbocycles. The number of piperidine rings is 1. The maximum absolute atomic E-state index is 14.2. The zero-order valence-corrected chi connectivity index (χ0v) is 17.9. The van der Waals surface area contributed by atoms with Crippen LogP contribution in [-0.4, -0.2) is 47.7 Å². The second-order valence-corrected chi connectivity index (χ2v) is 7.36. The van der Waals surface area contributed by atoms with Crippen molar-refractivity contribution in [2.24, 2.45) is 5.73 Å². The summed E-state index contributed by atoms with van der Waals surface area (Å²) in [5.74, 6) is -3.28. The van der Waals surface area contributed by atoms with E-state index in [1.165, 1.54) is 31.4 Å². The van der Waals surface area contributed by atoms with Crippen LogP contribution in [0.1, 0.15) is 59.5 Å². The highest BCUT2D eigenvalue weighted by Gasteiger charge is 2.34. The minimum atomic E-state index is -3.43. The normalized spacial score (nSPS) is 24.6. The average Bonchev–Trinajstić information content (AvgIpc) is 3.38. The number of carbonyl (C=O) groups excluding carboxylic acids is 3. The fourth-order valence-corrected chi connectivity index (χ4v) is 3.63. The summed E-state index contributed by atoms with van der Waals surface area (Å²) in [6.07, 6.45) is -5.53. The number of benzene rings is 2. The summed E-state index contributed by atoms with van der Waals surface area (Å²) < 4.78 is 91.6. The van der Waals surface area contributed by atoms with Crippen LogP contribution in [-0.2, 0) is 11.2 Å². The van der Waals surface area contributed by atoms with E-state index in [0.29, 0.717) is 5.75 Å². The van der Waals surface area contributed by atoms with Crippen molar-refractivity contribution in [2.45, 2.75) is 25.6 Å². The van der Waals surface area contributed by atoms with Crippen molar-refractivity contribution in [3.05, 3.63) is 65.4 Å². The Labute approximate surface area is 210 Å². The highest BCUT2D eigenvalue weighted by molar-refractivity contribution is 6.09. The van der Waals surface area contributed by atoms with E-state index < -0.39 is 89.5 Å². The first-order valence-electron chi connectivity index (χ1n) is 15.2. The van der Waals surface area contributed by atoms with Gasteiger partial charge in [0.15, 0.2) is 5.69 Å². The number of anilines is 2. The average molecular weight is 470 g/mol.